The third kappa shape index (κ3) is 4.16. The van der Waals surface area contributed by atoms with Gasteiger partial charge in [-0.25, -0.2) is 10.1 Å². The van der Waals surface area contributed by atoms with E-state index in [1.54, 1.807) is 6.92 Å². The number of rotatable bonds is 7. The van der Waals surface area contributed by atoms with E-state index in [-0.39, 0.29) is 30.1 Å². The molecule has 2 heterocycles. The minimum absolute atomic E-state index is 0.0339. The summed E-state index contributed by atoms with van der Waals surface area (Å²) in [6.45, 7) is 1.70. The second kappa shape index (κ2) is 7.51. The molecule has 0 radical (unpaired) electrons. The fourth-order valence-electron chi connectivity index (χ4n) is 2.01. The third-order valence-electron chi connectivity index (χ3n) is 3.25. The fraction of sp³-hybridized carbons (Fsp3) is 0.385. The van der Waals surface area contributed by atoms with Crippen LogP contribution in [0.15, 0.2) is 11.3 Å². The molecule has 2 rings (SSSR count). The van der Waals surface area contributed by atoms with E-state index < -0.39 is 16.8 Å². The lowest BCUT2D eigenvalue weighted by molar-refractivity contribution is -0.385. The number of carbonyl (C=O) groups is 1. The number of halogens is 1. The molecule has 0 atom stereocenters. The molecule has 0 saturated heterocycles. The molecule has 0 saturated carbocycles. The Morgan fingerprint density at radius 1 is 1.56 bits per heavy atom. The smallest absolute Gasteiger partial charge is 0.350 e. The molecule has 1 amide bonds. The van der Waals surface area contributed by atoms with E-state index in [1.807, 2.05) is 0 Å². The Morgan fingerprint density at radius 2 is 2.28 bits per heavy atom. The third-order valence-corrected chi connectivity index (χ3v) is 3.25. The molecule has 1 N–H and O–H groups in total. The van der Waals surface area contributed by atoms with Crippen LogP contribution in [-0.4, -0.2) is 43.7 Å². The Morgan fingerprint density at radius 3 is 2.80 bits per heavy atom. The number of nitro groups is 1. The van der Waals surface area contributed by atoms with Crippen LogP contribution in [0, 0.1) is 23.0 Å². The van der Waals surface area contributed by atoms with Gasteiger partial charge in [0.2, 0.25) is 11.9 Å². The van der Waals surface area contributed by atoms with Crippen LogP contribution in [-0.2, 0) is 18.4 Å². The van der Waals surface area contributed by atoms with Crippen molar-refractivity contribution in [2.24, 2.45) is 12.1 Å². The zero-order valence-electron chi connectivity index (χ0n) is 13.8. The average Bonchev–Trinajstić information content (AvgIpc) is 3.09. The molecule has 2 aromatic rings. The van der Waals surface area contributed by atoms with E-state index in [0.717, 1.165) is 10.9 Å². The van der Waals surface area contributed by atoms with Gasteiger partial charge in [-0.15, -0.1) is 5.10 Å². The van der Waals surface area contributed by atoms with Gasteiger partial charge < -0.3 is 4.74 Å². The van der Waals surface area contributed by atoms with E-state index in [0.29, 0.717) is 5.69 Å². The van der Waals surface area contributed by atoms with Gasteiger partial charge in [0.25, 0.3) is 0 Å². The molecule has 0 aliphatic carbocycles. The van der Waals surface area contributed by atoms with Gasteiger partial charge in [0.15, 0.2) is 0 Å². The SMILES string of the molecule is COc1nn(CCC(=O)N/N=C/c2c(C)nn(C)c2F)cc1[N+](=O)[O-]. The summed E-state index contributed by atoms with van der Waals surface area (Å²) < 4.78 is 20.8. The Labute approximate surface area is 141 Å². The van der Waals surface area contributed by atoms with E-state index in [2.05, 4.69) is 20.7 Å². The Bertz CT molecular complexity index is 827. The number of amides is 1. The molecule has 0 bridgehead atoms. The van der Waals surface area contributed by atoms with E-state index in [9.17, 15) is 19.3 Å². The van der Waals surface area contributed by atoms with Crippen molar-refractivity contribution in [1.82, 2.24) is 25.0 Å². The van der Waals surface area contributed by atoms with E-state index >= 15 is 0 Å². The predicted octanol–water partition coefficient (Wildman–Crippen LogP) is 0.521. The van der Waals surface area contributed by atoms with Gasteiger partial charge in [0.05, 0.1) is 36.0 Å². The van der Waals surface area contributed by atoms with Crippen LogP contribution < -0.4 is 10.2 Å². The van der Waals surface area contributed by atoms with Crippen molar-refractivity contribution in [2.75, 3.05) is 7.11 Å². The highest BCUT2D eigenvalue weighted by molar-refractivity contribution is 5.83. The highest BCUT2D eigenvalue weighted by Crippen LogP contribution is 2.23. The molecule has 11 nitrogen and oxygen atoms in total. The molecule has 0 aromatic carbocycles. The average molecular weight is 353 g/mol. The normalized spacial score (nSPS) is 11.0. The second-order valence-electron chi connectivity index (χ2n) is 5.00. The van der Waals surface area contributed by atoms with E-state index in [1.165, 1.54) is 25.0 Å². The summed E-state index contributed by atoms with van der Waals surface area (Å²) >= 11 is 0. The maximum Gasteiger partial charge on any atom is 0.350 e. The van der Waals surface area contributed by atoms with E-state index in [4.69, 9.17) is 4.74 Å². The number of aromatic nitrogens is 4. The molecular formula is C13H16FN7O4. The zero-order chi connectivity index (χ0) is 18.6. The topological polar surface area (TPSA) is 129 Å². The first kappa shape index (κ1) is 18.0. The molecule has 2 aromatic heterocycles. The van der Waals surface area contributed by atoms with Gasteiger partial charge in [-0.3, -0.25) is 19.6 Å². The standard InChI is InChI=1S/C13H16FN7O4/c1-8-9(12(14)19(2)17-8)6-15-16-11(22)4-5-20-7-10(21(23)24)13(18-20)25-3/h6-7H,4-5H2,1-3H3,(H,16,22)/b15-6+. The zero-order valence-corrected chi connectivity index (χ0v) is 13.8. The van der Waals surface area contributed by atoms with Crippen molar-refractivity contribution >= 4 is 17.8 Å². The fourth-order valence-corrected chi connectivity index (χ4v) is 2.01. The number of ether oxygens (including phenoxy) is 1. The molecular weight excluding hydrogens is 337 g/mol. The molecule has 0 unspecified atom stereocenters. The first-order valence-corrected chi connectivity index (χ1v) is 7.10. The predicted molar refractivity (Wildman–Crippen MR) is 83.7 cm³/mol. The van der Waals surface area contributed by atoms with Crippen molar-refractivity contribution in [2.45, 2.75) is 19.9 Å². The lowest BCUT2D eigenvalue weighted by atomic mass is 10.3. The second-order valence-corrected chi connectivity index (χ2v) is 5.00. The molecule has 0 aliphatic heterocycles. The summed E-state index contributed by atoms with van der Waals surface area (Å²) in [7, 11) is 2.72. The molecule has 0 spiro atoms. The molecule has 0 fully saturated rings. The van der Waals surface area contributed by atoms with Gasteiger partial charge >= 0.3 is 11.6 Å². The van der Waals surface area contributed by atoms with Gasteiger partial charge in [0.1, 0.15) is 6.20 Å². The van der Waals surface area contributed by atoms with Crippen LogP contribution >= 0.6 is 0 Å². The number of carbonyl (C=O) groups excluding carboxylic acids is 1. The van der Waals surface area contributed by atoms with Crippen molar-refractivity contribution in [3.63, 3.8) is 0 Å². The number of hydrogen-bond acceptors (Lipinski definition) is 7. The monoisotopic (exact) mass is 353 g/mol. The largest absolute Gasteiger partial charge is 0.475 e. The Kier molecular flexibility index (Phi) is 5.41. The summed E-state index contributed by atoms with van der Waals surface area (Å²) in [5.41, 5.74) is 2.57. The Hall–Kier alpha value is -3.31. The van der Waals surface area contributed by atoms with Gasteiger partial charge in [0, 0.05) is 13.5 Å². The Balaban J connectivity index is 1.91. The summed E-state index contributed by atoms with van der Waals surface area (Å²) in [5.74, 6) is -1.16. The summed E-state index contributed by atoms with van der Waals surface area (Å²) in [4.78, 5) is 21.9. The van der Waals surface area contributed by atoms with Crippen molar-refractivity contribution in [3.05, 3.63) is 33.5 Å². The minimum atomic E-state index is -0.628. The number of nitrogens with zero attached hydrogens (tertiary/aromatic N) is 6. The van der Waals surface area contributed by atoms with Crippen LogP contribution in [0.2, 0.25) is 0 Å². The maximum absolute atomic E-state index is 13.7. The first-order valence-electron chi connectivity index (χ1n) is 7.10. The van der Waals surface area contributed by atoms with Gasteiger partial charge in [-0.05, 0) is 6.92 Å². The lowest BCUT2D eigenvalue weighted by Gasteiger charge is -2.00. The van der Waals surface area contributed by atoms with Crippen LogP contribution in [0.1, 0.15) is 17.7 Å². The molecule has 25 heavy (non-hydrogen) atoms. The quantitative estimate of drug-likeness (QED) is 0.439. The number of nitrogens with one attached hydrogen (secondary N) is 1. The first-order chi connectivity index (χ1) is 11.8. The molecule has 12 heteroatoms. The van der Waals surface area contributed by atoms with Crippen molar-refractivity contribution < 1.29 is 18.8 Å². The summed E-state index contributed by atoms with van der Waals surface area (Å²) in [6, 6.07) is 0. The summed E-state index contributed by atoms with van der Waals surface area (Å²) in [6.07, 6.45) is 2.30. The molecule has 0 aliphatic rings. The highest BCUT2D eigenvalue weighted by atomic mass is 19.1. The van der Waals surface area contributed by atoms with Crippen LogP contribution in [0.3, 0.4) is 0 Å². The van der Waals surface area contributed by atoms with Crippen molar-refractivity contribution in [1.29, 1.82) is 0 Å². The summed E-state index contributed by atoms with van der Waals surface area (Å²) in [5, 5.41) is 22.2. The number of aryl methyl sites for hydroxylation is 3. The van der Waals surface area contributed by atoms with Gasteiger partial charge in [-0.1, -0.05) is 0 Å². The van der Waals surface area contributed by atoms with Gasteiger partial charge in [-0.2, -0.15) is 14.6 Å². The molecule has 134 valence electrons. The van der Waals surface area contributed by atoms with Crippen molar-refractivity contribution in [3.8, 4) is 5.88 Å². The maximum atomic E-state index is 13.7. The number of hydrogen-bond donors (Lipinski definition) is 1. The van der Waals surface area contributed by atoms with Crippen LogP contribution in [0.4, 0.5) is 10.1 Å². The number of hydrazone groups is 1. The lowest BCUT2D eigenvalue weighted by Crippen LogP contribution is -2.19. The number of methoxy groups -OCH3 is 1. The minimum Gasteiger partial charge on any atom is -0.475 e. The van der Waals surface area contributed by atoms with Crippen LogP contribution in [0.5, 0.6) is 5.88 Å². The highest BCUT2D eigenvalue weighted by Gasteiger charge is 2.20. The van der Waals surface area contributed by atoms with Crippen LogP contribution in [0.25, 0.3) is 0 Å².